The maximum Gasteiger partial charge on any atom is 0.338 e. The van der Waals surface area contributed by atoms with E-state index >= 15 is 0 Å². The van der Waals surface area contributed by atoms with Crippen molar-refractivity contribution in [3.05, 3.63) is 63.2 Å². The van der Waals surface area contributed by atoms with Crippen LogP contribution >= 0.6 is 0 Å². The number of carbonyl (C=O) groups excluding carboxylic acids is 2. The number of non-ortho nitro benzene ring substituents is 1. The number of nitrogens with one attached hydrogen (secondary N) is 1. The Bertz CT molecular complexity index is 943. The molecule has 2 aromatic rings. The average molecular weight is 416 g/mol. The van der Waals surface area contributed by atoms with Crippen LogP contribution in [0.3, 0.4) is 0 Å². The van der Waals surface area contributed by atoms with Gasteiger partial charge in [-0.3, -0.25) is 14.9 Å². The minimum Gasteiger partial charge on any atom is -0.490 e. The van der Waals surface area contributed by atoms with E-state index in [1.165, 1.54) is 6.07 Å². The smallest absolute Gasteiger partial charge is 0.338 e. The van der Waals surface area contributed by atoms with Gasteiger partial charge in [-0.1, -0.05) is 6.07 Å². The number of esters is 1. The first-order valence-corrected chi connectivity index (χ1v) is 9.38. The normalized spacial score (nSPS) is 11.3. The van der Waals surface area contributed by atoms with Crippen molar-refractivity contribution < 1.29 is 28.7 Å². The molecule has 0 fully saturated rings. The number of nitrogens with zero attached hydrogens (tertiary/aromatic N) is 1. The number of nitro benzene ring substituents is 1. The first kappa shape index (κ1) is 22.7. The molecule has 0 saturated heterocycles. The molecule has 0 saturated carbocycles. The summed E-state index contributed by atoms with van der Waals surface area (Å²) in [6, 6.07) is 8.32. The summed E-state index contributed by atoms with van der Waals surface area (Å²) in [4.78, 5) is 35.0. The van der Waals surface area contributed by atoms with Crippen LogP contribution in [0.25, 0.3) is 0 Å². The molecule has 0 aliphatic carbocycles. The lowest BCUT2D eigenvalue weighted by Crippen LogP contribution is -2.27. The number of benzene rings is 2. The molecule has 1 N–H and O–H groups in total. The van der Waals surface area contributed by atoms with Gasteiger partial charge < -0.3 is 19.5 Å². The molecule has 2 aromatic carbocycles. The van der Waals surface area contributed by atoms with Gasteiger partial charge in [-0.15, -0.1) is 0 Å². The van der Waals surface area contributed by atoms with E-state index in [0.717, 1.165) is 24.8 Å². The fourth-order valence-electron chi connectivity index (χ4n) is 2.78. The molecule has 2 rings (SSSR count). The van der Waals surface area contributed by atoms with Crippen LogP contribution in [0.1, 0.15) is 53.1 Å². The van der Waals surface area contributed by atoms with Crippen molar-refractivity contribution in [2.45, 2.75) is 26.8 Å². The summed E-state index contributed by atoms with van der Waals surface area (Å²) in [6.45, 7) is 6.43. The fourth-order valence-corrected chi connectivity index (χ4v) is 2.78. The molecule has 1 atom stereocenters. The van der Waals surface area contributed by atoms with E-state index in [9.17, 15) is 19.7 Å². The lowest BCUT2D eigenvalue weighted by Gasteiger charge is -2.17. The van der Waals surface area contributed by atoms with Crippen molar-refractivity contribution in [2.24, 2.45) is 0 Å². The van der Waals surface area contributed by atoms with Gasteiger partial charge in [-0.05, 0) is 44.5 Å². The van der Waals surface area contributed by atoms with E-state index in [-0.39, 0.29) is 16.8 Å². The van der Waals surface area contributed by atoms with Crippen LogP contribution in [0.4, 0.5) is 5.69 Å². The van der Waals surface area contributed by atoms with Crippen LogP contribution in [0, 0.1) is 10.1 Å². The van der Waals surface area contributed by atoms with E-state index in [1.54, 1.807) is 25.1 Å². The third-order valence-electron chi connectivity index (χ3n) is 4.23. The van der Waals surface area contributed by atoms with Crippen molar-refractivity contribution in [2.75, 3.05) is 20.3 Å². The maximum atomic E-state index is 12.7. The second-order valence-electron chi connectivity index (χ2n) is 6.28. The molecule has 30 heavy (non-hydrogen) atoms. The zero-order valence-electron chi connectivity index (χ0n) is 17.3. The molecule has 1 amide bonds. The van der Waals surface area contributed by atoms with Gasteiger partial charge in [0.1, 0.15) is 0 Å². The zero-order valence-corrected chi connectivity index (χ0v) is 17.3. The van der Waals surface area contributed by atoms with Crippen LogP contribution in [-0.2, 0) is 4.74 Å². The topological polar surface area (TPSA) is 117 Å². The van der Waals surface area contributed by atoms with Gasteiger partial charge in [0.25, 0.3) is 11.6 Å². The molecule has 0 aliphatic heterocycles. The Kier molecular flexibility index (Phi) is 7.74. The molecule has 0 radical (unpaired) electrons. The summed E-state index contributed by atoms with van der Waals surface area (Å²) < 4.78 is 15.7. The minimum atomic E-state index is -0.770. The molecular weight excluding hydrogens is 392 g/mol. The van der Waals surface area contributed by atoms with Gasteiger partial charge in [0.15, 0.2) is 11.5 Å². The van der Waals surface area contributed by atoms with Crippen molar-refractivity contribution in [3.8, 4) is 11.5 Å². The number of amides is 1. The summed E-state index contributed by atoms with van der Waals surface area (Å²) in [6.07, 6.45) is 0. The Balaban J connectivity index is 2.29. The monoisotopic (exact) mass is 416 g/mol. The number of rotatable bonds is 9. The zero-order chi connectivity index (χ0) is 22.3. The third-order valence-corrected chi connectivity index (χ3v) is 4.23. The molecule has 0 heterocycles. The molecule has 0 spiro atoms. The second-order valence-corrected chi connectivity index (χ2v) is 6.28. The summed E-state index contributed by atoms with van der Waals surface area (Å²) in [5, 5.41) is 13.9. The van der Waals surface area contributed by atoms with Crippen LogP contribution in [0.2, 0.25) is 0 Å². The Morgan fingerprint density at radius 1 is 1.03 bits per heavy atom. The van der Waals surface area contributed by atoms with E-state index < -0.39 is 22.8 Å². The van der Waals surface area contributed by atoms with Crippen molar-refractivity contribution in [3.63, 3.8) is 0 Å². The number of methoxy groups -OCH3 is 1. The Morgan fingerprint density at radius 2 is 1.67 bits per heavy atom. The van der Waals surface area contributed by atoms with Crippen molar-refractivity contribution in [1.82, 2.24) is 5.32 Å². The van der Waals surface area contributed by atoms with E-state index in [1.807, 2.05) is 13.8 Å². The highest BCUT2D eigenvalue weighted by Gasteiger charge is 2.20. The second kappa shape index (κ2) is 10.2. The molecular formula is C21H24N2O7. The molecule has 0 bridgehead atoms. The van der Waals surface area contributed by atoms with E-state index in [2.05, 4.69) is 10.1 Å². The largest absolute Gasteiger partial charge is 0.490 e. The first-order valence-electron chi connectivity index (χ1n) is 9.38. The van der Waals surface area contributed by atoms with Gasteiger partial charge in [-0.25, -0.2) is 4.79 Å². The predicted octanol–water partition coefficient (Wildman–Crippen LogP) is 3.67. The number of carbonyl (C=O) groups is 2. The Labute approximate surface area is 174 Å². The van der Waals surface area contributed by atoms with E-state index in [0.29, 0.717) is 24.7 Å². The highest BCUT2D eigenvalue weighted by atomic mass is 16.6. The van der Waals surface area contributed by atoms with E-state index in [4.69, 9.17) is 9.47 Å². The van der Waals surface area contributed by atoms with Crippen LogP contribution < -0.4 is 14.8 Å². The number of hydrogen-bond donors (Lipinski definition) is 1. The highest BCUT2D eigenvalue weighted by Crippen LogP contribution is 2.31. The summed E-state index contributed by atoms with van der Waals surface area (Å²) in [7, 11) is 1.16. The summed E-state index contributed by atoms with van der Waals surface area (Å²) >= 11 is 0. The quantitative estimate of drug-likeness (QED) is 0.376. The van der Waals surface area contributed by atoms with Crippen molar-refractivity contribution >= 4 is 17.6 Å². The average Bonchev–Trinajstić information content (AvgIpc) is 2.74. The molecule has 0 aliphatic rings. The number of nitro groups is 1. The third kappa shape index (κ3) is 5.47. The lowest BCUT2D eigenvalue weighted by molar-refractivity contribution is -0.384. The molecule has 0 aromatic heterocycles. The summed E-state index contributed by atoms with van der Waals surface area (Å²) in [5.74, 6) is -0.179. The maximum absolute atomic E-state index is 12.7. The van der Waals surface area contributed by atoms with Gasteiger partial charge in [-0.2, -0.15) is 0 Å². The molecule has 0 unspecified atom stereocenters. The van der Waals surface area contributed by atoms with Gasteiger partial charge in [0, 0.05) is 17.7 Å². The van der Waals surface area contributed by atoms with Crippen LogP contribution in [0.15, 0.2) is 36.4 Å². The minimum absolute atomic E-state index is 0.0209. The SMILES string of the molecule is CCOc1ccc([C@@H](C)NC(=O)c2cc(C(=O)OC)cc([N+](=O)[O-])c2)cc1OCC. The summed E-state index contributed by atoms with van der Waals surface area (Å²) in [5.41, 5.74) is 0.279. The molecule has 160 valence electrons. The van der Waals surface area contributed by atoms with Gasteiger partial charge in [0.2, 0.25) is 0 Å². The van der Waals surface area contributed by atoms with Crippen LogP contribution in [0.5, 0.6) is 11.5 Å². The molecule has 9 nitrogen and oxygen atoms in total. The number of ether oxygens (including phenoxy) is 3. The number of hydrogen-bond acceptors (Lipinski definition) is 7. The standard InChI is InChI=1S/C21H24N2O7/c1-5-29-18-8-7-14(12-19(18)30-6-2)13(3)22-20(24)15-9-16(21(25)28-4)11-17(10-15)23(26)27/h7-13H,5-6H2,1-4H3,(H,22,24)/t13-/m1/s1. The first-order chi connectivity index (χ1) is 14.3. The Morgan fingerprint density at radius 3 is 2.27 bits per heavy atom. The Hall–Kier alpha value is -3.62. The lowest BCUT2D eigenvalue weighted by atomic mass is 10.1. The fraction of sp³-hybridized carbons (Fsp3) is 0.333. The van der Waals surface area contributed by atoms with Crippen molar-refractivity contribution in [1.29, 1.82) is 0 Å². The van der Waals surface area contributed by atoms with Gasteiger partial charge >= 0.3 is 5.97 Å². The predicted molar refractivity (Wildman–Crippen MR) is 109 cm³/mol. The van der Waals surface area contributed by atoms with Gasteiger partial charge in [0.05, 0.1) is 36.9 Å². The highest BCUT2D eigenvalue weighted by molar-refractivity contribution is 5.99. The molecule has 9 heteroatoms. The van der Waals surface area contributed by atoms with Crippen LogP contribution in [-0.4, -0.2) is 37.1 Å².